The third-order valence-corrected chi connectivity index (χ3v) is 2.20. The number of amides is 1. The van der Waals surface area contributed by atoms with Crippen molar-refractivity contribution in [3.63, 3.8) is 0 Å². The van der Waals surface area contributed by atoms with Crippen LogP contribution in [0.1, 0.15) is 23.7 Å². The van der Waals surface area contributed by atoms with E-state index in [0.29, 0.717) is 12.1 Å². The molecule has 0 fully saturated rings. The third-order valence-electron chi connectivity index (χ3n) is 2.20. The summed E-state index contributed by atoms with van der Waals surface area (Å²) in [5.41, 5.74) is 0.297. The summed E-state index contributed by atoms with van der Waals surface area (Å²) in [6.45, 7) is 2.83. The van der Waals surface area contributed by atoms with Crippen molar-refractivity contribution < 1.29 is 9.90 Å². The Kier molecular flexibility index (Phi) is 4.41. The third kappa shape index (κ3) is 2.77. The largest absolute Gasteiger partial charge is 0.507 e. The minimum Gasteiger partial charge on any atom is -0.507 e. The van der Waals surface area contributed by atoms with Crippen LogP contribution in [0.3, 0.4) is 0 Å². The maximum atomic E-state index is 12.0. The molecule has 0 saturated carbocycles. The van der Waals surface area contributed by atoms with E-state index in [2.05, 4.69) is 5.92 Å². The highest BCUT2D eigenvalue weighted by molar-refractivity contribution is 5.96. The molecule has 0 unspecified atom stereocenters. The van der Waals surface area contributed by atoms with Gasteiger partial charge >= 0.3 is 0 Å². The number of phenolic OH excluding ortho intramolecular Hbond substituents is 1. The molecule has 84 valence electrons. The summed E-state index contributed by atoms with van der Waals surface area (Å²) in [7, 11) is 0. The van der Waals surface area contributed by atoms with Gasteiger partial charge in [-0.2, -0.15) is 0 Å². The molecule has 0 atom stereocenters. The van der Waals surface area contributed by atoms with Crippen LogP contribution in [-0.4, -0.2) is 29.0 Å². The van der Waals surface area contributed by atoms with Gasteiger partial charge in [-0.3, -0.25) is 4.79 Å². The van der Waals surface area contributed by atoms with Crippen molar-refractivity contribution in [3.05, 3.63) is 29.8 Å². The summed E-state index contributed by atoms with van der Waals surface area (Å²) in [6.07, 6.45) is 6.04. The van der Waals surface area contributed by atoms with Gasteiger partial charge in [-0.25, -0.2) is 0 Å². The Balaban J connectivity index is 2.91. The van der Waals surface area contributed by atoms with E-state index in [4.69, 9.17) is 6.42 Å². The number of aromatic hydroxyl groups is 1. The summed E-state index contributed by atoms with van der Waals surface area (Å²) < 4.78 is 0. The van der Waals surface area contributed by atoms with Gasteiger partial charge in [-0.15, -0.1) is 6.42 Å². The second-order valence-corrected chi connectivity index (χ2v) is 3.45. The molecule has 0 radical (unpaired) electrons. The predicted molar refractivity (Wildman–Crippen MR) is 63.1 cm³/mol. The van der Waals surface area contributed by atoms with E-state index in [1.54, 1.807) is 23.1 Å². The number of carbonyl (C=O) groups excluding carboxylic acids is 1. The van der Waals surface area contributed by atoms with E-state index in [1.807, 2.05) is 6.92 Å². The maximum absolute atomic E-state index is 12.0. The first kappa shape index (κ1) is 12.1. The van der Waals surface area contributed by atoms with Gasteiger partial charge in [0.25, 0.3) is 5.91 Å². The van der Waals surface area contributed by atoms with Crippen molar-refractivity contribution in [2.45, 2.75) is 13.3 Å². The average molecular weight is 217 g/mol. The minimum atomic E-state index is -0.224. The normalized spacial score (nSPS) is 9.50. The summed E-state index contributed by atoms with van der Waals surface area (Å²) in [5.74, 6) is 2.21. The van der Waals surface area contributed by atoms with Gasteiger partial charge in [-0.1, -0.05) is 25.0 Å². The molecule has 3 nitrogen and oxygen atoms in total. The topological polar surface area (TPSA) is 40.5 Å². The summed E-state index contributed by atoms with van der Waals surface area (Å²) in [5, 5.41) is 9.57. The van der Waals surface area contributed by atoms with Crippen LogP contribution in [-0.2, 0) is 0 Å². The molecule has 1 aromatic carbocycles. The number of rotatable bonds is 4. The van der Waals surface area contributed by atoms with E-state index in [-0.39, 0.29) is 18.2 Å². The molecule has 1 aromatic rings. The van der Waals surface area contributed by atoms with Crippen molar-refractivity contribution in [2.24, 2.45) is 0 Å². The van der Waals surface area contributed by atoms with Crippen molar-refractivity contribution in [1.29, 1.82) is 0 Å². The summed E-state index contributed by atoms with van der Waals surface area (Å²) >= 11 is 0. The second kappa shape index (κ2) is 5.82. The molecule has 1 N–H and O–H groups in total. The Morgan fingerprint density at radius 2 is 2.19 bits per heavy atom. The zero-order chi connectivity index (χ0) is 12.0. The quantitative estimate of drug-likeness (QED) is 0.782. The Hall–Kier alpha value is -1.95. The fourth-order valence-electron chi connectivity index (χ4n) is 1.46. The van der Waals surface area contributed by atoms with Crippen molar-refractivity contribution in [1.82, 2.24) is 4.90 Å². The van der Waals surface area contributed by atoms with Crippen LogP contribution in [0.5, 0.6) is 5.75 Å². The van der Waals surface area contributed by atoms with Crippen LogP contribution in [0.25, 0.3) is 0 Å². The Morgan fingerprint density at radius 3 is 2.75 bits per heavy atom. The van der Waals surface area contributed by atoms with Gasteiger partial charge in [0.1, 0.15) is 5.75 Å². The molecular formula is C13H15NO2. The van der Waals surface area contributed by atoms with Gasteiger partial charge in [0.05, 0.1) is 12.1 Å². The first-order valence-electron chi connectivity index (χ1n) is 5.21. The van der Waals surface area contributed by atoms with Crippen LogP contribution in [0, 0.1) is 12.3 Å². The molecule has 0 heterocycles. The molecular weight excluding hydrogens is 202 g/mol. The van der Waals surface area contributed by atoms with Crippen LogP contribution in [0.15, 0.2) is 24.3 Å². The van der Waals surface area contributed by atoms with Crippen LogP contribution < -0.4 is 0 Å². The SMILES string of the molecule is C#CCN(CCC)C(=O)c1ccccc1O. The molecule has 1 rings (SSSR count). The number of carbonyl (C=O) groups is 1. The minimum absolute atomic E-state index is 0.00868. The van der Waals surface area contributed by atoms with Crippen LogP contribution >= 0.6 is 0 Å². The van der Waals surface area contributed by atoms with Gasteiger partial charge in [0.2, 0.25) is 0 Å². The highest BCUT2D eigenvalue weighted by Gasteiger charge is 2.16. The number of para-hydroxylation sites is 1. The first-order chi connectivity index (χ1) is 7.70. The van der Waals surface area contributed by atoms with Crippen molar-refractivity contribution in [2.75, 3.05) is 13.1 Å². The molecule has 3 heteroatoms. The molecule has 0 aliphatic rings. The molecule has 0 aromatic heterocycles. The van der Waals surface area contributed by atoms with Gasteiger partial charge in [-0.05, 0) is 18.6 Å². The molecule has 1 amide bonds. The van der Waals surface area contributed by atoms with Gasteiger partial charge in [0.15, 0.2) is 0 Å². The standard InChI is InChI=1S/C13H15NO2/c1-3-9-14(10-4-2)13(16)11-7-5-6-8-12(11)15/h1,5-8,15H,4,9-10H2,2H3. The maximum Gasteiger partial charge on any atom is 0.258 e. The lowest BCUT2D eigenvalue weighted by Crippen LogP contribution is -2.32. The molecule has 0 saturated heterocycles. The van der Waals surface area contributed by atoms with Crippen molar-refractivity contribution >= 4 is 5.91 Å². The summed E-state index contributed by atoms with van der Waals surface area (Å²) in [6, 6.07) is 6.48. The highest BCUT2D eigenvalue weighted by Crippen LogP contribution is 2.17. The fourth-order valence-corrected chi connectivity index (χ4v) is 1.46. The van der Waals surface area contributed by atoms with Crippen LogP contribution in [0.4, 0.5) is 0 Å². The number of terminal acetylenes is 1. The second-order valence-electron chi connectivity index (χ2n) is 3.45. The zero-order valence-corrected chi connectivity index (χ0v) is 9.31. The molecule has 0 aliphatic heterocycles. The zero-order valence-electron chi connectivity index (χ0n) is 9.31. The molecule has 16 heavy (non-hydrogen) atoms. The van der Waals surface area contributed by atoms with E-state index in [9.17, 15) is 9.90 Å². The number of nitrogens with zero attached hydrogens (tertiary/aromatic N) is 1. The first-order valence-corrected chi connectivity index (χ1v) is 5.21. The Labute approximate surface area is 95.7 Å². The van der Waals surface area contributed by atoms with E-state index < -0.39 is 0 Å². The lowest BCUT2D eigenvalue weighted by molar-refractivity contribution is 0.0774. The van der Waals surface area contributed by atoms with Crippen LogP contribution in [0.2, 0.25) is 0 Å². The van der Waals surface area contributed by atoms with E-state index in [0.717, 1.165) is 6.42 Å². The Bertz CT molecular complexity index is 407. The van der Waals surface area contributed by atoms with E-state index in [1.165, 1.54) is 6.07 Å². The monoisotopic (exact) mass is 217 g/mol. The van der Waals surface area contributed by atoms with Gasteiger partial charge in [0, 0.05) is 6.54 Å². The number of phenols is 1. The number of benzene rings is 1. The lowest BCUT2D eigenvalue weighted by atomic mass is 10.1. The fraction of sp³-hybridized carbons (Fsp3) is 0.308. The van der Waals surface area contributed by atoms with Gasteiger partial charge < -0.3 is 10.0 Å². The summed E-state index contributed by atoms with van der Waals surface area (Å²) in [4.78, 5) is 13.6. The van der Waals surface area contributed by atoms with Crippen molar-refractivity contribution in [3.8, 4) is 18.1 Å². The molecule has 0 spiro atoms. The average Bonchev–Trinajstić information content (AvgIpc) is 2.28. The number of hydrogen-bond acceptors (Lipinski definition) is 2. The Morgan fingerprint density at radius 1 is 1.50 bits per heavy atom. The highest BCUT2D eigenvalue weighted by atomic mass is 16.3. The lowest BCUT2D eigenvalue weighted by Gasteiger charge is -2.19. The smallest absolute Gasteiger partial charge is 0.258 e. The molecule has 0 aliphatic carbocycles. The van der Waals surface area contributed by atoms with E-state index >= 15 is 0 Å². The predicted octanol–water partition coefficient (Wildman–Crippen LogP) is 1.88. The number of hydrogen-bond donors (Lipinski definition) is 1. The molecule has 0 bridgehead atoms.